The van der Waals surface area contributed by atoms with Gasteiger partial charge in [-0.3, -0.25) is 4.79 Å². The van der Waals surface area contributed by atoms with Gasteiger partial charge in [-0.05, 0) is 78.4 Å². The molecule has 3 aromatic rings. The summed E-state index contributed by atoms with van der Waals surface area (Å²) in [6, 6.07) is 9.77. The third-order valence-electron chi connectivity index (χ3n) is 5.67. The maximum atomic E-state index is 14.0. The van der Waals surface area contributed by atoms with Gasteiger partial charge in [0.05, 0.1) is 16.1 Å². The second-order valence-corrected chi connectivity index (χ2v) is 9.59. The number of halogens is 8. The average molecular weight is 546 g/mol. The first-order chi connectivity index (χ1) is 17.0. The highest BCUT2D eigenvalue weighted by molar-refractivity contribution is 6.31. The van der Waals surface area contributed by atoms with Crippen molar-refractivity contribution >= 4 is 28.8 Å². The summed E-state index contributed by atoms with van der Waals surface area (Å²) in [5.74, 6) is -1.83. The zero-order valence-corrected chi connectivity index (χ0v) is 20.7. The van der Waals surface area contributed by atoms with E-state index in [1.54, 1.807) is 6.07 Å². The lowest BCUT2D eigenvalue weighted by molar-refractivity contribution is -0.138. The summed E-state index contributed by atoms with van der Waals surface area (Å²) in [6.45, 7) is 5.19. The standard InChI is InChI=1S/C27H23ClF7NO/c1-14(2)6-23(15(3)37)18-7-17(16-4-5-25(28)24(10-16)27(33,34)35)8-21(9-18)36-22-12-19(26(30,31)32)11-20(29)13-22/h4-5,7-14,23,36H,6H2,1-3H3. The van der Waals surface area contributed by atoms with Crippen molar-refractivity contribution in [2.75, 3.05) is 5.32 Å². The minimum atomic E-state index is -4.79. The Kier molecular flexibility index (Phi) is 8.27. The number of anilines is 2. The van der Waals surface area contributed by atoms with Crippen LogP contribution in [0.1, 0.15) is 49.8 Å². The lowest BCUT2D eigenvalue weighted by atomic mass is 9.85. The Labute approximate surface area is 214 Å². The largest absolute Gasteiger partial charge is 0.417 e. The van der Waals surface area contributed by atoms with Crippen LogP contribution < -0.4 is 5.32 Å². The zero-order valence-electron chi connectivity index (χ0n) is 20.0. The normalized spacial score (nSPS) is 13.1. The van der Waals surface area contributed by atoms with Crippen LogP contribution in [0.15, 0.2) is 54.6 Å². The molecule has 3 aromatic carbocycles. The summed E-state index contributed by atoms with van der Waals surface area (Å²) >= 11 is 5.75. The van der Waals surface area contributed by atoms with E-state index in [-0.39, 0.29) is 34.2 Å². The molecule has 0 aromatic heterocycles. The molecule has 2 nitrogen and oxygen atoms in total. The molecule has 198 valence electrons. The third-order valence-corrected chi connectivity index (χ3v) is 6.00. The molecular formula is C27H23ClF7NO. The van der Waals surface area contributed by atoms with Gasteiger partial charge in [0.25, 0.3) is 0 Å². The summed E-state index contributed by atoms with van der Waals surface area (Å²) in [6.07, 6.45) is -9.08. The molecule has 37 heavy (non-hydrogen) atoms. The molecule has 1 unspecified atom stereocenters. The van der Waals surface area contributed by atoms with Crippen molar-refractivity contribution in [2.24, 2.45) is 5.92 Å². The quantitative estimate of drug-likeness (QED) is 0.299. The van der Waals surface area contributed by atoms with Crippen molar-refractivity contribution in [3.63, 3.8) is 0 Å². The fourth-order valence-corrected chi connectivity index (χ4v) is 4.24. The van der Waals surface area contributed by atoms with Crippen molar-refractivity contribution in [1.29, 1.82) is 0 Å². The first-order valence-corrected chi connectivity index (χ1v) is 11.6. The SMILES string of the molecule is CC(=O)C(CC(C)C)c1cc(Nc2cc(F)cc(C(F)(F)F)c2)cc(-c2ccc(Cl)c(C(F)(F)F)c2)c1. The molecule has 0 aliphatic heterocycles. The first kappa shape index (κ1) is 28.5. The van der Waals surface area contributed by atoms with E-state index in [0.29, 0.717) is 18.1 Å². The molecule has 10 heteroatoms. The monoisotopic (exact) mass is 545 g/mol. The van der Waals surface area contributed by atoms with Crippen LogP contribution in [-0.2, 0) is 17.1 Å². The molecule has 0 radical (unpaired) electrons. The van der Waals surface area contributed by atoms with E-state index in [0.717, 1.165) is 24.3 Å². The van der Waals surface area contributed by atoms with Crippen molar-refractivity contribution in [1.82, 2.24) is 0 Å². The van der Waals surface area contributed by atoms with E-state index in [1.807, 2.05) is 13.8 Å². The van der Waals surface area contributed by atoms with Gasteiger partial charge in [-0.1, -0.05) is 37.6 Å². The fraction of sp³-hybridized carbons (Fsp3) is 0.296. The zero-order chi connectivity index (χ0) is 27.7. The van der Waals surface area contributed by atoms with Gasteiger partial charge < -0.3 is 5.32 Å². The van der Waals surface area contributed by atoms with Gasteiger partial charge in [0.15, 0.2) is 0 Å². The molecule has 0 heterocycles. The molecule has 0 bridgehead atoms. The average Bonchev–Trinajstić information content (AvgIpc) is 2.75. The lowest BCUT2D eigenvalue weighted by Crippen LogP contribution is -2.12. The second kappa shape index (κ2) is 10.7. The fourth-order valence-electron chi connectivity index (χ4n) is 4.01. The summed E-state index contributed by atoms with van der Waals surface area (Å²) in [5.41, 5.74) is -1.46. The van der Waals surface area contributed by atoms with Gasteiger partial charge >= 0.3 is 12.4 Å². The Morgan fingerprint density at radius 3 is 2.08 bits per heavy atom. The Morgan fingerprint density at radius 2 is 1.51 bits per heavy atom. The number of carbonyl (C=O) groups is 1. The molecule has 0 saturated heterocycles. The maximum Gasteiger partial charge on any atom is 0.417 e. The third kappa shape index (κ3) is 7.25. The van der Waals surface area contributed by atoms with Crippen LogP contribution in [0, 0.1) is 11.7 Å². The van der Waals surface area contributed by atoms with Gasteiger partial charge in [0.2, 0.25) is 0 Å². The highest BCUT2D eigenvalue weighted by atomic mass is 35.5. The molecule has 0 aliphatic rings. The van der Waals surface area contributed by atoms with E-state index in [9.17, 15) is 35.5 Å². The van der Waals surface area contributed by atoms with Crippen LogP contribution in [0.25, 0.3) is 11.1 Å². The molecule has 0 spiro atoms. The Balaban J connectivity index is 2.19. The smallest absolute Gasteiger partial charge is 0.355 e. The molecule has 0 saturated carbocycles. The van der Waals surface area contributed by atoms with Crippen LogP contribution in [0.2, 0.25) is 5.02 Å². The summed E-state index contributed by atoms with van der Waals surface area (Å²) in [7, 11) is 0. The van der Waals surface area contributed by atoms with Gasteiger partial charge in [-0.25, -0.2) is 4.39 Å². The second-order valence-electron chi connectivity index (χ2n) is 9.18. The Hall–Kier alpha value is -3.07. The van der Waals surface area contributed by atoms with E-state index in [4.69, 9.17) is 11.6 Å². The number of alkyl halides is 6. The Morgan fingerprint density at radius 1 is 0.865 bits per heavy atom. The first-order valence-electron chi connectivity index (χ1n) is 11.2. The van der Waals surface area contributed by atoms with Gasteiger partial charge in [0, 0.05) is 17.3 Å². The molecule has 0 aliphatic carbocycles. The van der Waals surface area contributed by atoms with E-state index in [1.165, 1.54) is 25.1 Å². The molecule has 0 amide bonds. The highest BCUT2D eigenvalue weighted by Gasteiger charge is 2.34. The highest BCUT2D eigenvalue weighted by Crippen LogP contribution is 2.39. The van der Waals surface area contributed by atoms with Crippen LogP contribution >= 0.6 is 11.6 Å². The van der Waals surface area contributed by atoms with Crippen LogP contribution in [0.4, 0.5) is 42.1 Å². The number of hydrogen-bond donors (Lipinski definition) is 1. The Bertz CT molecular complexity index is 1300. The minimum Gasteiger partial charge on any atom is -0.355 e. The van der Waals surface area contributed by atoms with E-state index in [2.05, 4.69) is 5.32 Å². The van der Waals surface area contributed by atoms with Crippen molar-refractivity contribution < 1.29 is 35.5 Å². The number of nitrogens with one attached hydrogen (secondary N) is 1. The topological polar surface area (TPSA) is 29.1 Å². The number of benzene rings is 3. The molecule has 3 rings (SSSR count). The maximum absolute atomic E-state index is 14.0. The lowest BCUT2D eigenvalue weighted by Gasteiger charge is -2.20. The van der Waals surface area contributed by atoms with Gasteiger partial charge in [0.1, 0.15) is 11.6 Å². The number of ketones is 1. The van der Waals surface area contributed by atoms with E-state index < -0.39 is 40.2 Å². The minimum absolute atomic E-state index is 0.0962. The molecule has 1 N–H and O–H groups in total. The van der Waals surface area contributed by atoms with Gasteiger partial charge in [-0.15, -0.1) is 0 Å². The van der Waals surface area contributed by atoms with Crippen LogP contribution in [0.3, 0.4) is 0 Å². The predicted octanol–water partition coefficient (Wildman–Crippen LogP) is 9.65. The van der Waals surface area contributed by atoms with Crippen LogP contribution in [0.5, 0.6) is 0 Å². The summed E-state index contributed by atoms with van der Waals surface area (Å²) in [5, 5.41) is 2.22. The summed E-state index contributed by atoms with van der Waals surface area (Å²) < 4.78 is 93.9. The summed E-state index contributed by atoms with van der Waals surface area (Å²) in [4.78, 5) is 12.5. The number of hydrogen-bond acceptors (Lipinski definition) is 2. The van der Waals surface area contributed by atoms with Gasteiger partial charge in [-0.2, -0.15) is 26.3 Å². The number of carbonyl (C=O) groups excluding carboxylic acids is 1. The van der Waals surface area contributed by atoms with Crippen molar-refractivity contribution in [3.05, 3.63) is 82.1 Å². The number of rotatable bonds is 7. The molecule has 1 atom stereocenters. The van der Waals surface area contributed by atoms with E-state index >= 15 is 0 Å². The molecule has 0 fully saturated rings. The number of Topliss-reactive ketones (excluding diaryl/α,β-unsaturated/α-hetero) is 1. The van der Waals surface area contributed by atoms with Crippen LogP contribution in [-0.4, -0.2) is 5.78 Å². The van der Waals surface area contributed by atoms with Crippen molar-refractivity contribution in [2.45, 2.75) is 45.5 Å². The van der Waals surface area contributed by atoms with Crippen molar-refractivity contribution in [3.8, 4) is 11.1 Å². The predicted molar refractivity (Wildman–Crippen MR) is 129 cm³/mol. The molecular weight excluding hydrogens is 523 g/mol.